The molecule has 1 aliphatic heterocycles. The molecule has 1 fully saturated rings. The number of nitrogens with zero attached hydrogens (tertiary/aromatic N) is 3. The Morgan fingerprint density at radius 2 is 2.38 bits per heavy atom. The highest BCUT2D eigenvalue weighted by Crippen LogP contribution is 2.28. The van der Waals surface area contributed by atoms with Gasteiger partial charge in [0.05, 0.1) is 4.88 Å². The van der Waals surface area contributed by atoms with Gasteiger partial charge in [-0.1, -0.05) is 13.0 Å². The molecule has 3 rings (SSSR count). The van der Waals surface area contributed by atoms with Crippen molar-refractivity contribution in [3.05, 3.63) is 29.3 Å². The van der Waals surface area contributed by atoms with Crippen LogP contribution >= 0.6 is 11.3 Å². The lowest BCUT2D eigenvalue weighted by molar-refractivity contribution is -0.122. The third-order valence-corrected chi connectivity index (χ3v) is 5.28. The molecule has 0 unspecified atom stereocenters. The summed E-state index contributed by atoms with van der Waals surface area (Å²) in [6, 6.07) is 4.47. The van der Waals surface area contributed by atoms with E-state index in [1.165, 1.54) is 10.4 Å². The number of nitrogens with one attached hydrogen (secondary N) is 1. The minimum absolute atomic E-state index is 0.185. The molecule has 2 aromatic rings. The van der Waals surface area contributed by atoms with Crippen molar-refractivity contribution in [1.82, 2.24) is 20.0 Å². The molecule has 0 aliphatic carbocycles. The van der Waals surface area contributed by atoms with Gasteiger partial charge in [0.2, 0.25) is 5.91 Å². The third kappa shape index (κ3) is 4.24. The Kier molecular flexibility index (Phi) is 5.68. The number of aromatic nitrogens is 2. The molecule has 5 nitrogen and oxygen atoms in total. The van der Waals surface area contributed by atoms with Crippen molar-refractivity contribution in [2.24, 2.45) is 7.05 Å². The first-order chi connectivity index (χ1) is 11.7. The third-order valence-electron chi connectivity index (χ3n) is 4.40. The minimum Gasteiger partial charge on any atom is -0.352 e. The van der Waals surface area contributed by atoms with Gasteiger partial charge in [0.25, 0.3) is 0 Å². The van der Waals surface area contributed by atoms with E-state index in [0.717, 1.165) is 44.6 Å². The number of hydrogen-bond acceptors (Lipinski definition) is 4. The van der Waals surface area contributed by atoms with Gasteiger partial charge in [0.15, 0.2) is 0 Å². The molecule has 1 N–H and O–H groups in total. The van der Waals surface area contributed by atoms with Crippen molar-refractivity contribution >= 4 is 17.2 Å². The van der Waals surface area contributed by atoms with E-state index >= 15 is 0 Å². The van der Waals surface area contributed by atoms with Crippen LogP contribution in [0.4, 0.5) is 0 Å². The molecule has 6 heteroatoms. The minimum atomic E-state index is 0.185. The van der Waals surface area contributed by atoms with Crippen molar-refractivity contribution in [2.75, 3.05) is 13.1 Å². The fourth-order valence-corrected chi connectivity index (χ4v) is 4.10. The van der Waals surface area contributed by atoms with Crippen molar-refractivity contribution < 1.29 is 4.79 Å². The number of aryl methyl sites for hydroxylation is 1. The Morgan fingerprint density at radius 1 is 1.50 bits per heavy atom. The van der Waals surface area contributed by atoms with Crippen LogP contribution in [-0.4, -0.2) is 39.7 Å². The topological polar surface area (TPSA) is 50.2 Å². The molecule has 24 heavy (non-hydrogen) atoms. The summed E-state index contributed by atoms with van der Waals surface area (Å²) in [6.45, 7) is 4.94. The maximum Gasteiger partial charge on any atom is 0.220 e. The van der Waals surface area contributed by atoms with Gasteiger partial charge < -0.3 is 5.32 Å². The van der Waals surface area contributed by atoms with Crippen LogP contribution in [0, 0.1) is 0 Å². The van der Waals surface area contributed by atoms with Crippen LogP contribution in [0.2, 0.25) is 0 Å². The number of thiophene rings is 1. The molecule has 0 radical (unpaired) electrons. The van der Waals surface area contributed by atoms with Crippen LogP contribution in [0.3, 0.4) is 0 Å². The highest BCUT2D eigenvalue weighted by Gasteiger charge is 2.23. The van der Waals surface area contributed by atoms with Crippen molar-refractivity contribution in [1.29, 1.82) is 0 Å². The highest BCUT2D eigenvalue weighted by atomic mass is 32.1. The zero-order chi connectivity index (χ0) is 16.9. The molecule has 0 bridgehead atoms. The number of hydrogen-bond donors (Lipinski definition) is 1. The van der Waals surface area contributed by atoms with E-state index in [4.69, 9.17) is 0 Å². The Hall–Kier alpha value is -1.66. The van der Waals surface area contributed by atoms with E-state index in [9.17, 15) is 4.79 Å². The lowest BCUT2D eigenvalue weighted by Gasteiger charge is -2.33. The predicted octanol–water partition coefficient (Wildman–Crippen LogP) is 3.03. The number of piperidine rings is 1. The number of amides is 1. The lowest BCUT2D eigenvalue weighted by Crippen LogP contribution is -2.47. The smallest absolute Gasteiger partial charge is 0.220 e. The quantitative estimate of drug-likeness (QED) is 0.875. The Bertz CT molecular complexity index is 665. The molecule has 1 saturated heterocycles. The number of rotatable bonds is 6. The van der Waals surface area contributed by atoms with Crippen molar-refractivity contribution in [3.8, 4) is 10.6 Å². The van der Waals surface area contributed by atoms with Gasteiger partial charge in [0, 0.05) is 44.4 Å². The molecule has 0 saturated carbocycles. The van der Waals surface area contributed by atoms with Gasteiger partial charge in [-0.2, -0.15) is 5.10 Å². The van der Waals surface area contributed by atoms with E-state index < -0.39 is 0 Å². The van der Waals surface area contributed by atoms with E-state index in [1.54, 1.807) is 11.3 Å². The van der Waals surface area contributed by atoms with Gasteiger partial charge in [-0.05, 0) is 37.3 Å². The second-order valence-corrected chi connectivity index (χ2v) is 7.49. The maximum absolute atomic E-state index is 11.8. The second-order valence-electron chi connectivity index (χ2n) is 6.55. The standard InChI is InChI=1S/C18H26N4OS/c1-3-6-17(23)19-15-7-4-9-22(13-15)12-14-11-21(2)20-18(14)16-8-5-10-24-16/h5,8,10-11,15H,3-4,6-7,9,12-13H2,1-2H3,(H,19,23)/t15-/m0/s1. The zero-order valence-corrected chi connectivity index (χ0v) is 15.3. The lowest BCUT2D eigenvalue weighted by atomic mass is 10.0. The molecule has 1 aliphatic rings. The Morgan fingerprint density at radius 3 is 3.12 bits per heavy atom. The summed E-state index contributed by atoms with van der Waals surface area (Å²) < 4.78 is 1.90. The Labute approximate surface area is 147 Å². The number of carbonyl (C=O) groups is 1. The Balaban J connectivity index is 1.65. The van der Waals surface area contributed by atoms with Gasteiger partial charge in [0.1, 0.15) is 5.69 Å². The SMILES string of the molecule is CCCC(=O)N[C@H]1CCCN(Cc2cn(C)nc2-c2cccs2)C1. The summed E-state index contributed by atoms with van der Waals surface area (Å²) in [4.78, 5) is 15.5. The zero-order valence-electron chi connectivity index (χ0n) is 14.5. The molecule has 0 aromatic carbocycles. The van der Waals surface area contributed by atoms with Crippen LogP contribution in [0.1, 0.15) is 38.2 Å². The van der Waals surface area contributed by atoms with Gasteiger partial charge in [-0.3, -0.25) is 14.4 Å². The van der Waals surface area contributed by atoms with Crippen LogP contribution in [-0.2, 0) is 18.4 Å². The highest BCUT2D eigenvalue weighted by molar-refractivity contribution is 7.13. The fourth-order valence-electron chi connectivity index (χ4n) is 3.36. The summed E-state index contributed by atoms with van der Waals surface area (Å²) in [6.07, 6.45) is 5.86. The first-order valence-corrected chi connectivity index (χ1v) is 9.61. The summed E-state index contributed by atoms with van der Waals surface area (Å²) in [5.74, 6) is 0.185. The molecule has 1 atom stereocenters. The van der Waals surface area contributed by atoms with Gasteiger partial charge in [-0.15, -0.1) is 11.3 Å². The molecule has 1 amide bonds. The molecule has 0 spiro atoms. The molecule has 2 aromatic heterocycles. The predicted molar refractivity (Wildman–Crippen MR) is 97.9 cm³/mol. The van der Waals surface area contributed by atoms with E-state index in [2.05, 4.69) is 39.0 Å². The van der Waals surface area contributed by atoms with E-state index in [-0.39, 0.29) is 11.9 Å². The van der Waals surface area contributed by atoms with Crippen LogP contribution in [0.15, 0.2) is 23.7 Å². The first kappa shape index (κ1) is 17.2. The van der Waals surface area contributed by atoms with Crippen LogP contribution in [0.25, 0.3) is 10.6 Å². The van der Waals surface area contributed by atoms with Crippen LogP contribution in [0.5, 0.6) is 0 Å². The summed E-state index contributed by atoms with van der Waals surface area (Å²) >= 11 is 1.73. The first-order valence-electron chi connectivity index (χ1n) is 8.74. The second kappa shape index (κ2) is 7.94. The normalized spacial score (nSPS) is 18.7. The molecule has 3 heterocycles. The van der Waals surface area contributed by atoms with Crippen LogP contribution < -0.4 is 5.32 Å². The molecular weight excluding hydrogens is 320 g/mol. The number of carbonyl (C=O) groups excluding carboxylic acids is 1. The van der Waals surface area contributed by atoms with E-state index in [1.807, 2.05) is 18.7 Å². The summed E-state index contributed by atoms with van der Waals surface area (Å²) in [5, 5.41) is 9.92. The maximum atomic E-state index is 11.8. The van der Waals surface area contributed by atoms with Crippen molar-refractivity contribution in [3.63, 3.8) is 0 Å². The average molecular weight is 347 g/mol. The van der Waals surface area contributed by atoms with Crippen molar-refractivity contribution in [2.45, 2.75) is 45.2 Å². The molecule has 130 valence electrons. The fraction of sp³-hybridized carbons (Fsp3) is 0.556. The molecular formula is C18H26N4OS. The largest absolute Gasteiger partial charge is 0.352 e. The monoisotopic (exact) mass is 346 g/mol. The van der Waals surface area contributed by atoms with E-state index in [0.29, 0.717) is 6.42 Å². The number of likely N-dealkylation sites (tertiary alicyclic amines) is 1. The van der Waals surface area contributed by atoms with Gasteiger partial charge >= 0.3 is 0 Å². The summed E-state index contributed by atoms with van der Waals surface area (Å²) in [7, 11) is 1.98. The average Bonchev–Trinajstić information content (AvgIpc) is 3.17. The van der Waals surface area contributed by atoms with Gasteiger partial charge in [-0.25, -0.2) is 0 Å². The summed E-state index contributed by atoms with van der Waals surface area (Å²) in [5.41, 5.74) is 2.35.